The monoisotopic (exact) mass is 1010 g/mol. The first kappa shape index (κ1) is 60.0. The van der Waals surface area contributed by atoms with E-state index in [4.69, 9.17) is 14.3 Å². The van der Waals surface area contributed by atoms with Gasteiger partial charge >= 0.3 is 6.36 Å². The van der Waals surface area contributed by atoms with Crippen molar-refractivity contribution in [2.24, 2.45) is 22.7 Å². The summed E-state index contributed by atoms with van der Waals surface area (Å²) in [5.74, 6) is -4.38. The fourth-order valence-electron chi connectivity index (χ4n) is 7.92. The van der Waals surface area contributed by atoms with Gasteiger partial charge in [-0.15, -0.1) is 13.2 Å². The average molecular weight is 1010 g/mol. The molecule has 1 saturated heterocycles. The first-order valence-corrected chi connectivity index (χ1v) is 24.1. The smallest absolute Gasteiger partial charge is 0.406 e. The number of alkyl halides is 3. The number of ether oxygens (including phenoxy) is 3. The Balaban J connectivity index is 1.66. The first-order chi connectivity index (χ1) is 33.3. The Labute approximate surface area is 415 Å². The first-order valence-electron chi connectivity index (χ1n) is 24.1. The molecule has 0 bridgehead atoms. The standard InChI is InChI=1S/C50H76F3N7O11/c1-34(69-27-23-55-47(66)43(49(7,8)9)56-44(63)40(35(2)59(67)32-61)17-13-16-37-14-11-10-12-15-37)31-70-60(33-62)36(3)41(30-38-18-20-39(21-19-38)71-50(51,52)53)45(64)57-42(48(4,5)6)46(65)54-22-24-58-25-28-68-29-26-58/h10-12,14-15,18-21,32-36,40-43,67H,13,16-17,22-31H2,1-9H3,(H,54,65)(H,55,66)(H,56,63)(H,57,64). The number of hydrogen-bond acceptors (Lipinski definition) is 12. The zero-order valence-electron chi connectivity index (χ0n) is 42.6. The van der Waals surface area contributed by atoms with E-state index in [1.165, 1.54) is 12.1 Å². The largest absolute Gasteiger partial charge is 0.573 e. The van der Waals surface area contributed by atoms with Crippen molar-refractivity contribution in [3.8, 4) is 5.75 Å². The quantitative estimate of drug-likeness (QED) is 0.0331. The third-order valence-electron chi connectivity index (χ3n) is 12.2. The fraction of sp³-hybridized carbons (Fsp3) is 0.640. The summed E-state index contributed by atoms with van der Waals surface area (Å²) in [5, 5.41) is 23.0. The number of nitrogens with one attached hydrogen (secondary N) is 4. The van der Waals surface area contributed by atoms with Gasteiger partial charge in [0.05, 0.1) is 49.8 Å². The van der Waals surface area contributed by atoms with E-state index in [-0.39, 0.29) is 32.6 Å². The maximum absolute atomic E-state index is 14.3. The number of amides is 6. The van der Waals surface area contributed by atoms with Gasteiger partial charge in [-0.3, -0.25) is 43.7 Å². The minimum atomic E-state index is -4.91. The van der Waals surface area contributed by atoms with E-state index in [9.17, 15) is 47.1 Å². The van der Waals surface area contributed by atoms with Crippen LogP contribution in [0.3, 0.4) is 0 Å². The number of carbonyl (C=O) groups excluding carboxylic acids is 6. The van der Waals surface area contributed by atoms with E-state index in [0.717, 1.165) is 35.8 Å². The molecule has 1 fully saturated rings. The highest BCUT2D eigenvalue weighted by Crippen LogP contribution is 2.27. The molecule has 0 aliphatic carbocycles. The normalized spacial score (nSPS) is 16.5. The molecule has 71 heavy (non-hydrogen) atoms. The van der Waals surface area contributed by atoms with Gasteiger partial charge < -0.3 is 35.5 Å². The van der Waals surface area contributed by atoms with Crippen LogP contribution in [0.5, 0.6) is 5.75 Å². The molecule has 1 aliphatic heterocycles. The zero-order chi connectivity index (χ0) is 52.9. The van der Waals surface area contributed by atoms with E-state index >= 15 is 0 Å². The third-order valence-corrected chi connectivity index (χ3v) is 12.2. The lowest BCUT2D eigenvalue weighted by Crippen LogP contribution is -2.57. The van der Waals surface area contributed by atoms with E-state index in [1.807, 2.05) is 30.3 Å². The van der Waals surface area contributed by atoms with Crippen molar-refractivity contribution < 1.29 is 66.2 Å². The Morgan fingerprint density at radius 2 is 1.32 bits per heavy atom. The van der Waals surface area contributed by atoms with E-state index in [0.29, 0.717) is 62.6 Å². The molecule has 1 aliphatic rings. The molecule has 1 heterocycles. The summed E-state index contributed by atoms with van der Waals surface area (Å²) in [6.45, 7) is 18.9. The molecule has 18 nitrogen and oxygen atoms in total. The molecule has 398 valence electrons. The van der Waals surface area contributed by atoms with Crippen molar-refractivity contribution in [2.75, 3.05) is 59.2 Å². The molecule has 6 amide bonds. The van der Waals surface area contributed by atoms with Gasteiger partial charge in [-0.2, -0.15) is 0 Å². The molecule has 3 rings (SSSR count). The van der Waals surface area contributed by atoms with E-state index in [1.54, 1.807) is 62.3 Å². The Bertz CT molecular complexity index is 1960. The average Bonchev–Trinajstić information content (AvgIpc) is 3.31. The molecule has 7 unspecified atom stereocenters. The Hall–Kier alpha value is -5.35. The van der Waals surface area contributed by atoms with Crippen LogP contribution in [-0.2, 0) is 55.9 Å². The summed E-state index contributed by atoms with van der Waals surface area (Å²) in [6.07, 6.45) is -3.42. The van der Waals surface area contributed by atoms with Crippen molar-refractivity contribution in [3.63, 3.8) is 0 Å². The van der Waals surface area contributed by atoms with Crippen molar-refractivity contribution in [1.29, 1.82) is 0 Å². The SMILES string of the molecule is CC(CON(C=O)C(C)C(Cc1ccc(OC(F)(F)F)cc1)C(=O)NC(C(=O)NCCN1CCOCC1)C(C)(C)C)OCCNC(=O)C(NC(=O)C(CCCc1ccccc1)C(C)N(O)C=O)C(C)(C)C. The highest BCUT2D eigenvalue weighted by Gasteiger charge is 2.39. The highest BCUT2D eigenvalue weighted by molar-refractivity contribution is 5.90. The van der Waals surface area contributed by atoms with Crippen LogP contribution in [0.2, 0.25) is 0 Å². The van der Waals surface area contributed by atoms with Gasteiger partial charge in [0.1, 0.15) is 24.4 Å². The lowest BCUT2D eigenvalue weighted by atomic mass is 9.84. The number of morpholine rings is 1. The van der Waals surface area contributed by atoms with Gasteiger partial charge in [0.15, 0.2) is 0 Å². The molecule has 0 radical (unpaired) electrons. The number of halogens is 3. The maximum Gasteiger partial charge on any atom is 0.573 e. The van der Waals surface area contributed by atoms with Gasteiger partial charge in [0.2, 0.25) is 36.4 Å². The molecule has 7 atom stereocenters. The Morgan fingerprint density at radius 1 is 0.761 bits per heavy atom. The van der Waals surface area contributed by atoms with Crippen LogP contribution in [0.15, 0.2) is 54.6 Å². The number of rotatable bonds is 29. The van der Waals surface area contributed by atoms with Crippen molar-refractivity contribution in [2.45, 2.75) is 125 Å². The lowest BCUT2D eigenvalue weighted by Gasteiger charge is -2.35. The molecular formula is C50H76F3N7O11. The maximum atomic E-state index is 14.3. The van der Waals surface area contributed by atoms with Crippen LogP contribution in [0, 0.1) is 22.7 Å². The molecule has 21 heteroatoms. The minimum Gasteiger partial charge on any atom is -0.406 e. The van der Waals surface area contributed by atoms with Gasteiger partial charge in [0, 0.05) is 32.7 Å². The number of benzene rings is 2. The van der Waals surface area contributed by atoms with Crippen LogP contribution >= 0.6 is 0 Å². The minimum absolute atomic E-state index is 0.00253. The predicted molar refractivity (Wildman–Crippen MR) is 257 cm³/mol. The number of aryl methyl sites for hydroxylation is 1. The van der Waals surface area contributed by atoms with E-state index in [2.05, 4.69) is 30.9 Å². The van der Waals surface area contributed by atoms with Crippen LogP contribution in [0.25, 0.3) is 0 Å². The molecule has 5 N–H and O–H groups in total. The molecule has 2 aromatic carbocycles. The topological polar surface area (TPSA) is 217 Å². The Kier molecular flexibility index (Phi) is 24.2. The number of nitrogens with zero attached hydrogens (tertiary/aromatic N) is 3. The molecule has 0 spiro atoms. The third kappa shape index (κ3) is 21.1. The van der Waals surface area contributed by atoms with Crippen LogP contribution < -0.4 is 26.0 Å². The fourth-order valence-corrected chi connectivity index (χ4v) is 7.92. The number of hydrogen-bond donors (Lipinski definition) is 5. The summed E-state index contributed by atoms with van der Waals surface area (Å²) < 4.78 is 54.0. The number of carbonyl (C=O) groups is 6. The second-order valence-corrected chi connectivity index (χ2v) is 20.0. The van der Waals surface area contributed by atoms with Crippen LogP contribution in [0.1, 0.15) is 86.3 Å². The Morgan fingerprint density at radius 3 is 1.86 bits per heavy atom. The van der Waals surface area contributed by atoms with Crippen LogP contribution in [0.4, 0.5) is 13.2 Å². The predicted octanol–water partition coefficient (Wildman–Crippen LogP) is 4.43. The molecular weight excluding hydrogens is 932 g/mol. The van der Waals surface area contributed by atoms with E-state index < -0.39 is 88.7 Å². The van der Waals surface area contributed by atoms with Gasteiger partial charge in [0.25, 0.3) is 0 Å². The summed E-state index contributed by atoms with van der Waals surface area (Å²) >= 11 is 0. The van der Waals surface area contributed by atoms with Gasteiger partial charge in [-0.05, 0) is 80.5 Å². The summed E-state index contributed by atoms with van der Waals surface area (Å²) in [7, 11) is 0. The van der Waals surface area contributed by atoms with Crippen molar-refractivity contribution >= 4 is 36.4 Å². The van der Waals surface area contributed by atoms with Gasteiger partial charge in [-0.1, -0.05) is 84.0 Å². The summed E-state index contributed by atoms with van der Waals surface area (Å²) in [6, 6.07) is 10.8. The zero-order valence-corrected chi connectivity index (χ0v) is 42.6. The summed E-state index contributed by atoms with van der Waals surface area (Å²) in [4.78, 5) is 87.3. The molecule has 0 aromatic heterocycles. The number of hydroxylamine groups is 4. The molecule has 2 aromatic rings. The van der Waals surface area contributed by atoms with Crippen molar-refractivity contribution in [1.82, 2.24) is 36.3 Å². The highest BCUT2D eigenvalue weighted by atomic mass is 19.4. The molecule has 0 saturated carbocycles. The summed E-state index contributed by atoms with van der Waals surface area (Å²) in [5.41, 5.74) is 0.00104. The second kappa shape index (κ2) is 28.6. The van der Waals surface area contributed by atoms with Crippen LogP contribution in [-0.4, -0.2) is 152 Å². The lowest BCUT2D eigenvalue weighted by molar-refractivity contribution is -0.274. The van der Waals surface area contributed by atoms with Crippen molar-refractivity contribution in [3.05, 3.63) is 65.7 Å². The van der Waals surface area contributed by atoms with Gasteiger partial charge in [-0.25, -0.2) is 10.1 Å². The second-order valence-electron chi connectivity index (χ2n) is 20.0.